The van der Waals surface area contributed by atoms with Crippen molar-refractivity contribution in [1.29, 1.82) is 0 Å². The summed E-state index contributed by atoms with van der Waals surface area (Å²) in [7, 11) is 1.65. The van der Waals surface area contributed by atoms with Crippen molar-refractivity contribution in [2.45, 2.75) is 32.7 Å². The lowest BCUT2D eigenvalue weighted by atomic mass is 10.2. The van der Waals surface area contributed by atoms with E-state index in [1.165, 1.54) is 29.1 Å². The predicted molar refractivity (Wildman–Crippen MR) is 97.1 cm³/mol. The summed E-state index contributed by atoms with van der Waals surface area (Å²) in [5.41, 5.74) is 3.89. The number of hydrogen-bond acceptors (Lipinski definition) is 6. The monoisotopic (exact) mass is 339 g/mol. The van der Waals surface area contributed by atoms with Gasteiger partial charge in [0.05, 0.1) is 7.11 Å². The Morgan fingerprint density at radius 2 is 1.92 bits per heavy atom. The van der Waals surface area contributed by atoms with Gasteiger partial charge in [0, 0.05) is 56.2 Å². The number of aryl methyl sites for hydroxylation is 2. The largest absolute Gasteiger partial charge is 0.481 e. The van der Waals surface area contributed by atoms with E-state index >= 15 is 0 Å². The summed E-state index contributed by atoms with van der Waals surface area (Å²) in [6.45, 7) is 7.08. The van der Waals surface area contributed by atoms with Gasteiger partial charge in [0.2, 0.25) is 5.88 Å². The molecular formula is C19H25N5O. The molecule has 0 spiro atoms. The summed E-state index contributed by atoms with van der Waals surface area (Å²) in [6, 6.07) is 4.03. The van der Waals surface area contributed by atoms with Crippen molar-refractivity contribution in [2.24, 2.45) is 0 Å². The Morgan fingerprint density at radius 1 is 1.08 bits per heavy atom. The number of ether oxygens (including phenoxy) is 1. The summed E-state index contributed by atoms with van der Waals surface area (Å²) in [4.78, 5) is 18.6. The highest BCUT2D eigenvalue weighted by molar-refractivity contribution is 5.51. The molecule has 0 aromatic carbocycles. The second kappa shape index (κ2) is 6.96. The molecule has 0 amide bonds. The van der Waals surface area contributed by atoms with Crippen LogP contribution in [0.1, 0.15) is 29.1 Å². The lowest BCUT2D eigenvalue weighted by molar-refractivity contribution is 0.248. The van der Waals surface area contributed by atoms with Crippen LogP contribution in [0.2, 0.25) is 0 Å². The first-order valence-electron chi connectivity index (χ1n) is 9.05. The summed E-state index contributed by atoms with van der Waals surface area (Å²) < 4.78 is 5.12. The Hall–Kier alpha value is -2.21. The highest BCUT2D eigenvalue weighted by Crippen LogP contribution is 2.29. The third-order valence-corrected chi connectivity index (χ3v) is 5.11. The summed E-state index contributed by atoms with van der Waals surface area (Å²) in [5.74, 6) is 2.76. The minimum Gasteiger partial charge on any atom is -0.481 e. The van der Waals surface area contributed by atoms with Crippen molar-refractivity contribution in [2.75, 3.05) is 38.2 Å². The van der Waals surface area contributed by atoms with Crippen LogP contribution < -0.4 is 9.64 Å². The van der Waals surface area contributed by atoms with Crippen LogP contribution in [0.5, 0.6) is 5.88 Å². The third kappa shape index (κ3) is 3.44. The van der Waals surface area contributed by atoms with E-state index in [-0.39, 0.29) is 0 Å². The van der Waals surface area contributed by atoms with Crippen molar-refractivity contribution in [1.82, 2.24) is 19.9 Å². The van der Waals surface area contributed by atoms with Gasteiger partial charge in [-0.25, -0.2) is 15.0 Å². The molecule has 25 heavy (non-hydrogen) atoms. The van der Waals surface area contributed by atoms with E-state index in [1.54, 1.807) is 7.11 Å². The standard InChI is InChI=1S/C19H25N5O/c1-14-21-17-5-3-4-16(17)19(22-14)24-10-8-23(9-11-24)13-15-6-7-18(25-2)20-12-15/h6-7,12H,3-5,8-11,13H2,1-2H3. The summed E-state index contributed by atoms with van der Waals surface area (Å²) >= 11 is 0. The van der Waals surface area contributed by atoms with Gasteiger partial charge in [-0.1, -0.05) is 6.07 Å². The molecule has 0 unspecified atom stereocenters. The van der Waals surface area contributed by atoms with Crippen LogP contribution in [0.3, 0.4) is 0 Å². The fourth-order valence-electron chi connectivity index (χ4n) is 3.80. The molecule has 2 aromatic rings. The minimum absolute atomic E-state index is 0.668. The van der Waals surface area contributed by atoms with Crippen molar-refractivity contribution in [3.8, 4) is 5.88 Å². The molecule has 1 aliphatic carbocycles. The van der Waals surface area contributed by atoms with E-state index < -0.39 is 0 Å². The summed E-state index contributed by atoms with van der Waals surface area (Å²) in [5, 5.41) is 0. The molecule has 0 atom stereocenters. The Kier molecular flexibility index (Phi) is 4.53. The fourth-order valence-corrected chi connectivity index (χ4v) is 3.80. The van der Waals surface area contributed by atoms with Crippen molar-refractivity contribution in [3.63, 3.8) is 0 Å². The molecule has 0 bridgehead atoms. The molecule has 0 N–H and O–H groups in total. The number of fused-ring (bicyclic) bond motifs is 1. The highest BCUT2D eigenvalue weighted by atomic mass is 16.5. The Labute approximate surface area is 148 Å². The molecule has 1 saturated heterocycles. The topological polar surface area (TPSA) is 54.4 Å². The van der Waals surface area contributed by atoms with Crippen LogP contribution >= 0.6 is 0 Å². The maximum absolute atomic E-state index is 5.12. The van der Waals surface area contributed by atoms with Crippen LogP contribution in [0, 0.1) is 6.92 Å². The molecular weight excluding hydrogens is 314 g/mol. The number of methoxy groups -OCH3 is 1. The molecule has 3 heterocycles. The SMILES string of the molecule is COc1ccc(CN2CCN(c3nc(C)nc4c3CCC4)CC2)cn1. The minimum atomic E-state index is 0.668. The molecule has 2 aromatic heterocycles. The zero-order valence-electron chi connectivity index (χ0n) is 15.0. The molecule has 6 heteroatoms. The highest BCUT2D eigenvalue weighted by Gasteiger charge is 2.25. The number of nitrogens with zero attached hydrogens (tertiary/aromatic N) is 5. The number of aromatic nitrogens is 3. The van der Waals surface area contributed by atoms with E-state index in [0.717, 1.165) is 51.4 Å². The van der Waals surface area contributed by atoms with Gasteiger partial charge >= 0.3 is 0 Å². The van der Waals surface area contributed by atoms with Gasteiger partial charge < -0.3 is 9.64 Å². The summed E-state index contributed by atoms with van der Waals surface area (Å²) in [6.07, 6.45) is 5.36. The number of pyridine rings is 1. The Morgan fingerprint density at radius 3 is 2.64 bits per heavy atom. The molecule has 6 nitrogen and oxygen atoms in total. The fraction of sp³-hybridized carbons (Fsp3) is 0.526. The lowest BCUT2D eigenvalue weighted by Gasteiger charge is -2.36. The van der Waals surface area contributed by atoms with Crippen LogP contribution in [-0.4, -0.2) is 53.1 Å². The second-order valence-corrected chi connectivity index (χ2v) is 6.85. The zero-order valence-corrected chi connectivity index (χ0v) is 15.0. The predicted octanol–water partition coefficient (Wildman–Crippen LogP) is 2.00. The maximum Gasteiger partial charge on any atom is 0.212 e. The van der Waals surface area contributed by atoms with E-state index in [4.69, 9.17) is 9.72 Å². The number of anilines is 1. The first-order valence-corrected chi connectivity index (χ1v) is 9.05. The molecule has 2 aliphatic rings. The molecule has 132 valence electrons. The Balaban J connectivity index is 1.40. The molecule has 0 saturated carbocycles. The zero-order chi connectivity index (χ0) is 17.2. The van der Waals surface area contributed by atoms with Gasteiger partial charge in [0.25, 0.3) is 0 Å². The van der Waals surface area contributed by atoms with E-state index in [1.807, 2.05) is 19.2 Å². The smallest absolute Gasteiger partial charge is 0.212 e. The van der Waals surface area contributed by atoms with Gasteiger partial charge in [0.1, 0.15) is 11.6 Å². The van der Waals surface area contributed by atoms with Crippen molar-refractivity contribution in [3.05, 3.63) is 41.0 Å². The van der Waals surface area contributed by atoms with Crippen LogP contribution in [-0.2, 0) is 19.4 Å². The van der Waals surface area contributed by atoms with E-state index in [2.05, 4.69) is 25.8 Å². The average molecular weight is 339 g/mol. The van der Waals surface area contributed by atoms with Crippen LogP contribution in [0.4, 0.5) is 5.82 Å². The third-order valence-electron chi connectivity index (χ3n) is 5.11. The van der Waals surface area contributed by atoms with Gasteiger partial charge in [-0.05, 0) is 31.7 Å². The number of rotatable bonds is 4. The van der Waals surface area contributed by atoms with Gasteiger partial charge in [0.15, 0.2) is 0 Å². The maximum atomic E-state index is 5.12. The molecule has 1 fully saturated rings. The number of hydrogen-bond donors (Lipinski definition) is 0. The lowest BCUT2D eigenvalue weighted by Crippen LogP contribution is -2.46. The average Bonchev–Trinajstić information content (AvgIpc) is 3.11. The Bertz CT molecular complexity index is 738. The van der Waals surface area contributed by atoms with E-state index in [9.17, 15) is 0 Å². The van der Waals surface area contributed by atoms with E-state index in [0.29, 0.717) is 5.88 Å². The first kappa shape index (κ1) is 16.3. The van der Waals surface area contributed by atoms with Gasteiger partial charge in [-0.3, -0.25) is 4.90 Å². The molecule has 1 aliphatic heterocycles. The van der Waals surface area contributed by atoms with Gasteiger partial charge in [-0.2, -0.15) is 0 Å². The first-order chi connectivity index (χ1) is 12.2. The van der Waals surface area contributed by atoms with Gasteiger partial charge in [-0.15, -0.1) is 0 Å². The normalized spacial score (nSPS) is 17.6. The van der Waals surface area contributed by atoms with Crippen molar-refractivity contribution < 1.29 is 4.74 Å². The molecule has 4 rings (SSSR count). The second-order valence-electron chi connectivity index (χ2n) is 6.85. The quantitative estimate of drug-likeness (QED) is 0.849. The number of piperazine rings is 1. The van der Waals surface area contributed by atoms with Crippen LogP contribution in [0.25, 0.3) is 0 Å². The molecule has 0 radical (unpaired) electrons. The van der Waals surface area contributed by atoms with Crippen molar-refractivity contribution >= 4 is 5.82 Å². The van der Waals surface area contributed by atoms with Crippen LogP contribution in [0.15, 0.2) is 18.3 Å².